The van der Waals surface area contributed by atoms with Gasteiger partial charge in [-0.15, -0.1) is 0 Å². The molecule has 84 valence electrons. The highest BCUT2D eigenvalue weighted by Gasteiger charge is 1.99. The number of carbonyl (C=O) groups is 1. The highest BCUT2D eigenvalue weighted by molar-refractivity contribution is 8.13. The molecule has 0 aromatic heterocycles. The van der Waals surface area contributed by atoms with Crippen molar-refractivity contribution in [2.24, 2.45) is 0 Å². The van der Waals surface area contributed by atoms with Crippen molar-refractivity contribution in [1.29, 1.82) is 0 Å². The molecule has 16 heavy (non-hydrogen) atoms. The Morgan fingerprint density at radius 2 is 2.31 bits per heavy atom. The topological polar surface area (TPSA) is 37.3 Å². The van der Waals surface area contributed by atoms with Crippen LogP contribution in [0.25, 0.3) is 0 Å². The number of phenolic OH excluding ortho intramolecular Hbond substituents is 1. The predicted octanol–water partition coefficient (Wildman–Crippen LogP) is 2.55. The zero-order chi connectivity index (χ0) is 12.0. The molecule has 0 fully saturated rings. The van der Waals surface area contributed by atoms with Gasteiger partial charge in [0.25, 0.3) is 0 Å². The van der Waals surface area contributed by atoms with Crippen molar-refractivity contribution in [2.75, 3.05) is 5.75 Å². The minimum Gasteiger partial charge on any atom is -0.508 e. The second-order valence-electron chi connectivity index (χ2n) is 3.06. The van der Waals surface area contributed by atoms with Crippen molar-refractivity contribution >= 4 is 16.9 Å². The second kappa shape index (κ2) is 6.19. The molecular weight excluding hydrogens is 227 g/mol. The molecular formula is C12H11FO2S. The van der Waals surface area contributed by atoms with Gasteiger partial charge >= 0.3 is 0 Å². The Labute approximate surface area is 97.9 Å². The van der Waals surface area contributed by atoms with Crippen molar-refractivity contribution in [3.05, 3.63) is 29.6 Å². The summed E-state index contributed by atoms with van der Waals surface area (Å²) in [4.78, 5) is 10.6. The quantitative estimate of drug-likeness (QED) is 0.635. The van der Waals surface area contributed by atoms with E-state index in [-0.39, 0.29) is 16.4 Å². The Hall–Kier alpha value is -1.47. The Morgan fingerprint density at radius 3 is 3.00 bits per heavy atom. The standard InChI is InChI=1S/C12H11FO2S/c1-9(14)16-7-3-2-4-10-8-11(15)5-6-12(10)13/h5-6,8,15H,3,7H2,1H3. The van der Waals surface area contributed by atoms with Crippen LogP contribution in [0.4, 0.5) is 4.39 Å². The molecule has 0 aliphatic rings. The molecule has 0 amide bonds. The maximum Gasteiger partial charge on any atom is 0.185 e. The average Bonchev–Trinajstić information content (AvgIpc) is 2.22. The number of benzene rings is 1. The minimum atomic E-state index is -0.454. The van der Waals surface area contributed by atoms with Gasteiger partial charge in [0, 0.05) is 19.1 Å². The molecule has 2 nitrogen and oxygen atoms in total. The van der Waals surface area contributed by atoms with Crippen LogP contribution in [0.2, 0.25) is 0 Å². The smallest absolute Gasteiger partial charge is 0.185 e. The third-order valence-corrected chi connectivity index (χ3v) is 2.52. The van der Waals surface area contributed by atoms with Crippen molar-refractivity contribution in [1.82, 2.24) is 0 Å². The summed E-state index contributed by atoms with van der Waals surface area (Å²) in [6, 6.07) is 3.72. The Kier molecular flexibility index (Phi) is 4.87. The summed E-state index contributed by atoms with van der Waals surface area (Å²) in [7, 11) is 0. The number of thioether (sulfide) groups is 1. The van der Waals surface area contributed by atoms with Gasteiger partial charge in [-0.1, -0.05) is 23.6 Å². The van der Waals surface area contributed by atoms with Crippen LogP contribution in [0.1, 0.15) is 18.9 Å². The summed E-state index contributed by atoms with van der Waals surface area (Å²) >= 11 is 1.19. The van der Waals surface area contributed by atoms with Crippen LogP contribution >= 0.6 is 11.8 Å². The number of rotatable bonds is 2. The molecule has 0 atom stereocenters. The van der Waals surface area contributed by atoms with Crippen LogP contribution < -0.4 is 0 Å². The van der Waals surface area contributed by atoms with E-state index in [2.05, 4.69) is 11.8 Å². The second-order valence-corrected chi connectivity index (χ2v) is 4.33. The molecule has 0 aliphatic carbocycles. The number of carbonyl (C=O) groups excluding carboxylic acids is 1. The van der Waals surface area contributed by atoms with Gasteiger partial charge in [-0.3, -0.25) is 4.79 Å². The molecule has 0 bridgehead atoms. The minimum absolute atomic E-state index is 0.0104. The maximum absolute atomic E-state index is 13.1. The molecule has 1 rings (SSSR count). The molecule has 0 saturated carbocycles. The fraction of sp³-hybridized carbons (Fsp3) is 0.250. The van der Waals surface area contributed by atoms with Crippen LogP contribution in [0.15, 0.2) is 18.2 Å². The van der Waals surface area contributed by atoms with Crippen molar-refractivity contribution < 1.29 is 14.3 Å². The number of phenols is 1. The Morgan fingerprint density at radius 1 is 1.56 bits per heavy atom. The number of halogens is 1. The van der Waals surface area contributed by atoms with Crippen LogP contribution in [-0.2, 0) is 4.79 Å². The highest BCUT2D eigenvalue weighted by Crippen LogP contribution is 2.14. The molecule has 0 unspecified atom stereocenters. The van der Waals surface area contributed by atoms with E-state index in [1.807, 2.05) is 0 Å². The lowest BCUT2D eigenvalue weighted by molar-refractivity contribution is -0.109. The molecule has 4 heteroatoms. The van der Waals surface area contributed by atoms with Crippen LogP contribution in [0, 0.1) is 17.7 Å². The molecule has 0 radical (unpaired) electrons. The number of aromatic hydroxyl groups is 1. The molecule has 1 aromatic carbocycles. The largest absolute Gasteiger partial charge is 0.508 e. The van der Waals surface area contributed by atoms with Crippen LogP contribution in [-0.4, -0.2) is 16.0 Å². The molecule has 0 aliphatic heterocycles. The Bertz CT molecular complexity index is 446. The lowest BCUT2D eigenvalue weighted by Crippen LogP contribution is -1.85. The van der Waals surface area contributed by atoms with E-state index >= 15 is 0 Å². The van der Waals surface area contributed by atoms with E-state index in [4.69, 9.17) is 5.11 Å². The van der Waals surface area contributed by atoms with Crippen molar-refractivity contribution in [2.45, 2.75) is 13.3 Å². The molecule has 0 heterocycles. The lowest BCUT2D eigenvalue weighted by atomic mass is 10.2. The predicted molar refractivity (Wildman–Crippen MR) is 62.7 cm³/mol. The summed E-state index contributed by atoms with van der Waals surface area (Å²) in [6.07, 6.45) is 0.513. The molecule has 0 spiro atoms. The average molecular weight is 238 g/mol. The van der Waals surface area contributed by atoms with E-state index in [0.717, 1.165) is 0 Å². The number of hydrogen-bond donors (Lipinski definition) is 1. The van der Waals surface area contributed by atoms with Gasteiger partial charge < -0.3 is 5.11 Å². The van der Waals surface area contributed by atoms with E-state index in [9.17, 15) is 9.18 Å². The summed E-state index contributed by atoms with van der Waals surface area (Å²) in [5, 5.41) is 9.18. The molecule has 0 saturated heterocycles. The monoisotopic (exact) mass is 238 g/mol. The number of hydrogen-bond acceptors (Lipinski definition) is 3. The van der Waals surface area contributed by atoms with Gasteiger partial charge in [-0.25, -0.2) is 4.39 Å². The van der Waals surface area contributed by atoms with E-state index < -0.39 is 5.82 Å². The van der Waals surface area contributed by atoms with Crippen molar-refractivity contribution in [3.63, 3.8) is 0 Å². The first-order valence-corrected chi connectivity index (χ1v) is 5.69. The maximum atomic E-state index is 13.1. The van der Waals surface area contributed by atoms with Gasteiger partial charge in [0.15, 0.2) is 5.12 Å². The third kappa shape index (κ3) is 4.37. The van der Waals surface area contributed by atoms with Gasteiger partial charge in [-0.05, 0) is 18.2 Å². The third-order valence-electron chi connectivity index (χ3n) is 1.71. The van der Waals surface area contributed by atoms with E-state index in [1.165, 1.54) is 36.9 Å². The first-order valence-electron chi connectivity index (χ1n) is 4.70. The van der Waals surface area contributed by atoms with Gasteiger partial charge in [0.05, 0.1) is 5.56 Å². The first kappa shape index (κ1) is 12.6. The zero-order valence-electron chi connectivity index (χ0n) is 8.79. The van der Waals surface area contributed by atoms with E-state index in [1.54, 1.807) is 0 Å². The zero-order valence-corrected chi connectivity index (χ0v) is 9.60. The highest BCUT2D eigenvalue weighted by atomic mass is 32.2. The van der Waals surface area contributed by atoms with Crippen molar-refractivity contribution in [3.8, 4) is 17.6 Å². The van der Waals surface area contributed by atoms with Crippen LogP contribution in [0.3, 0.4) is 0 Å². The molecule has 1 N–H and O–H groups in total. The first-order chi connectivity index (χ1) is 7.59. The summed E-state index contributed by atoms with van der Waals surface area (Å²) < 4.78 is 13.1. The van der Waals surface area contributed by atoms with Crippen LogP contribution in [0.5, 0.6) is 5.75 Å². The normalized spacial score (nSPS) is 9.38. The molecule has 1 aromatic rings. The van der Waals surface area contributed by atoms with Gasteiger partial charge in [-0.2, -0.15) is 0 Å². The summed E-state index contributed by atoms with van der Waals surface area (Å²) in [6.45, 7) is 1.49. The fourth-order valence-corrected chi connectivity index (χ4v) is 1.50. The Balaban J connectivity index is 2.56. The van der Waals surface area contributed by atoms with Gasteiger partial charge in [0.2, 0.25) is 0 Å². The van der Waals surface area contributed by atoms with E-state index in [0.29, 0.717) is 12.2 Å². The van der Waals surface area contributed by atoms with Gasteiger partial charge in [0.1, 0.15) is 11.6 Å². The summed E-state index contributed by atoms with van der Waals surface area (Å²) in [5.41, 5.74) is 0.174. The SMILES string of the molecule is CC(=O)SCCC#Cc1cc(O)ccc1F. The lowest BCUT2D eigenvalue weighted by Gasteiger charge is -1.95. The fourth-order valence-electron chi connectivity index (χ4n) is 1.01. The summed E-state index contributed by atoms with van der Waals surface area (Å²) in [5.74, 6) is 5.50.